The Morgan fingerprint density at radius 3 is 2.53 bits per heavy atom. The number of methoxy groups -OCH3 is 1. The molecule has 0 spiro atoms. The van der Waals surface area contributed by atoms with Gasteiger partial charge < -0.3 is 14.9 Å². The minimum Gasteiger partial charge on any atom is -0.496 e. The highest BCUT2D eigenvalue weighted by molar-refractivity contribution is 7.90. The summed E-state index contributed by atoms with van der Waals surface area (Å²) in [4.78, 5) is 24.1. The van der Waals surface area contributed by atoms with Crippen LogP contribution in [0.5, 0.6) is 5.75 Å². The summed E-state index contributed by atoms with van der Waals surface area (Å²) in [6.07, 6.45) is 5.65. The molecule has 3 aromatic rings. The van der Waals surface area contributed by atoms with Crippen molar-refractivity contribution in [2.45, 2.75) is 44.5 Å². The van der Waals surface area contributed by atoms with Gasteiger partial charge in [-0.1, -0.05) is 0 Å². The number of benzene rings is 1. The lowest BCUT2D eigenvalue weighted by Gasteiger charge is -2.38. The van der Waals surface area contributed by atoms with E-state index in [0.717, 1.165) is 15.2 Å². The molecule has 34 heavy (non-hydrogen) atoms. The molecule has 1 saturated carbocycles. The van der Waals surface area contributed by atoms with Gasteiger partial charge in [-0.05, 0) is 44.4 Å². The summed E-state index contributed by atoms with van der Waals surface area (Å²) in [6, 6.07) is 5.04. The summed E-state index contributed by atoms with van der Waals surface area (Å²) in [5.41, 5.74) is 2.59. The van der Waals surface area contributed by atoms with Crippen LogP contribution in [0.25, 0.3) is 22.4 Å². The van der Waals surface area contributed by atoms with E-state index in [9.17, 15) is 23.1 Å². The standard InChI is InChI=1S/C23H24N4O6S/c1-13(2)25-10-14-6-18(15-9-24-27(11-15)34(31,32)16-4-5-16)22(33-3)7-17(14)20-8-21(28)19(23(29)30)12-26(20)25/h6-9,11-13,16H,4-5,10H2,1-3H3,(H,29,30). The molecule has 11 heteroatoms. The number of rotatable bonds is 6. The third-order valence-corrected chi connectivity index (χ3v) is 8.28. The zero-order chi connectivity index (χ0) is 24.4. The molecule has 1 aliphatic carbocycles. The first-order valence-corrected chi connectivity index (χ1v) is 12.4. The number of pyridine rings is 1. The van der Waals surface area contributed by atoms with Crippen LogP contribution in [0.3, 0.4) is 0 Å². The Morgan fingerprint density at radius 2 is 1.91 bits per heavy atom. The molecule has 2 aromatic heterocycles. The minimum absolute atomic E-state index is 0.00744. The van der Waals surface area contributed by atoms with Crippen molar-refractivity contribution in [3.63, 3.8) is 0 Å². The lowest BCUT2D eigenvalue weighted by molar-refractivity contribution is 0.0694. The number of hydrogen-bond donors (Lipinski definition) is 1. The smallest absolute Gasteiger partial charge is 0.341 e. The molecule has 178 valence electrons. The number of carboxylic acids is 1. The Kier molecular flexibility index (Phi) is 5.05. The maximum Gasteiger partial charge on any atom is 0.341 e. The molecule has 2 aliphatic rings. The molecule has 1 fully saturated rings. The molecular formula is C23H24N4O6S. The van der Waals surface area contributed by atoms with E-state index < -0.39 is 21.4 Å². The summed E-state index contributed by atoms with van der Waals surface area (Å²) < 4.78 is 33.5. The van der Waals surface area contributed by atoms with Crippen LogP contribution in [-0.2, 0) is 16.6 Å². The average Bonchev–Trinajstić information content (AvgIpc) is 3.54. The van der Waals surface area contributed by atoms with Crippen LogP contribution >= 0.6 is 0 Å². The zero-order valence-corrected chi connectivity index (χ0v) is 19.7. The Balaban J connectivity index is 1.67. The Hall–Kier alpha value is -3.60. The van der Waals surface area contributed by atoms with Crippen molar-refractivity contribution in [3.05, 3.63) is 58.1 Å². The lowest BCUT2D eigenvalue weighted by Crippen LogP contribution is -2.44. The van der Waals surface area contributed by atoms with Crippen LogP contribution in [0.4, 0.5) is 0 Å². The normalized spacial score (nSPS) is 15.2. The number of nitrogens with zero attached hydrogens (tertiary/aromatic N) is 4. The van der Waals surface area contributed by atoms with Gasteiger partial charge in [-0.2, -0.15) is 9.19 Å². The predicted molar refractivity (Wildman–Crippen MR) is 125 cm³/mol. The van der Waals surface area contributed by atoms with E-state index in [0.29, 0.717) is 42.0 Å². The van der Waals surface area contributed by atoms with Crippen LogP contribution in [0.2, 0.25) is 0 Å². The number of carboxylic acid groups (broad SMARTS) is 1. The second kappa shape index (κ2) is 7.73. The number of hydrogen-bond acceptors (Lipinski definition) is 7. The summed E-state index contributed by atoms with van der Waals surface area (Å²) in [5.74, 6) is -0.790. The first-order valence-electron chi connectivity index (χ1n) is 10.9. The van der Waals surface area contributed by atoms with E-state index in [2.05, 4.69) is 5.10 Å². The quantitative estimate of drug-likeness (QED) is 0.565. The summed E-state index contributed by atoms with van der Waals surface area (Å²) in [5, 5.41) is 15.1. The van der Waals surface area contributed by atoms with Crippen LogP contribution in [0, 0.1) is 0 Å². The number of aromatic nitrogens is 3. The topological polar surface area (TPSA) is 124 Å². The molecule has 0 bridgehead atoms. The number of aromatic carboxylic acids is 1. The van der Waals surface area contributed by atoms with E-state index in [1.165, 1.54) is 31.8 Å². The second-order valence-electron chi connectivity index (χ2n) is 8.83. The Morgan fingerprint density at radius 1 is 1.18 bits per heavy atom. The first-order chi connectivity index (χ1) is 16.1. The average molecular weight is 485 g/mol. The van der Waals surface area contributed by atoms with Gasteiger partial charge in [0.2, 0.25) is 0 Å². The van der Waals surface area contributed by atoms with E-state index in [1.54, 1.807) is 10.7 Å². The Labute approximate surface area is 196 Å². The van der Waals surface area contributed by atoms with Crippen molar-refractivity contribution in [1.82, 2.24) is 13.9 Å². The fraction of sp³-hybridized carbons (Fsp3) is 0.348. The maximum absolute atomic E-state index is 12.6. The molecule has 0 amide bonds. The first kappa shape index (κ1) is 22.2. The molecule has 5 rings (SSSR count). The fourth-order valence-corrected chi connectivity index (χ4v) is 5.75. The van der Waals surface area contributed by atoms with Gasteiger partial charge in [0, 0.05) is 35.0 Å². The number of fused-ring (bicyclic) bond motifs is 3. The fourth-order valence-electron chi connectivity index (χ4n) is 4.27. The van der Waals surface area contributed by atoms with E-state index in [1.807, 2.05) is 24.9 Å². The SMILES string of the molecule is COc1cc2c(cc1-c1cnn(S(=O)(=O)C3CC3)c1)CN(C(C)C)n1cc(C(=O)O)c(=O)cc1-2. The molecular weight excluding hydrogens is 460 g/mol. The van der Waals surface area contributed by atoms with Gasteiger partial charge in [0.1, 0.15) is 11.3 Å². The lowest BCUT2D eigenvalue weighted by atomic mass is 9.95. The summed E-state index contributed by atoms with van der Waals surface area (Å²) >= 11 is 0. The van der Waals surface area contributed by atoms with Gasteiger partial charge in [-0.3, -0.25) is 9.47 Å². The van der Waals surface area contributed by atoms with Crippen LogP contribution < -0.4 is 15.2 Å². The third kappa shape index (κ3) is 3.47. The molecule has 0 unspecified atom stereocenters. The van der Waals surface area contributed by atoms with E-state index in [4.69, 9.17) is 4.74 Å². The molecule has 1 aliphatic heterocycles. The van der Waals surface area contributed by atoms with Gasteiger partial charge in [0.25, 0.3) is 10.0 Å². The molecule has 0 atom stereocenters. The Bertz CT molecular complexity index is 1480. The van der Waals surface area contributed by atoms with Gasteiger partial charge in [-0.15, -0.1) is 0 Å². The second-order valence-corrected chi connectivity index (χ2v) is 10.9. The largest absolute Gasteiger partial charge is 0.496 e. The highest BCUT2D eigenvalue weighted by Crippen LogP contribution is 2.40. The van der Waals surface area contributed by atoms with Crippen molar-refractivity contribution in [2.24, 2.45) is 0 Å². The van der Waals surface area contributed by atoms with Crippen molar-refractivity contribution in [2.75, 3.05) is 12.1 Å². The minimum atomic E-state index is -3.50. The van der Waals surface area contributed by atoms with Crippen molar-refractivity contribution < 1.29 is 23.1 Å². The molecule has 1 N–H and O–H groups in total. The predicted octanol–water partition coefficient (Wildman–Crippen LogP) is 2.29. The zero-order valence-electron chi connectivity index (χ0n) is 18.9. The summed E-state index contributed by atoms with van der Waals surface area (Å²) in [7, 11) is -1.98. The van der Waals surface area contributed by atoms with Gasteiger partial charge in [0.05, 0.1) is 37.0 Å². The van der Waals surface area contributed by atoms with Crippen molar-refractivity contribution >= 4 is 16.0 Å². The highest BCUT2D eigenvalue weighted by Gasteiger charge is 2.38. The molecule has 3 heterocycles. The van der Waals surface area contributed by atoms with Gasteiger partial charge in [-0.25, -0.2) is 13.2 Å². The van der Waals surface area contributed by atoms with Crippen molar-refractivity contribution in [1.29, 1.82) is 0 Å². The molecule has 0 saturated heterocycles. The van der Waals surface area contributed by atoms with Gasteiger partial charge >= 0.3 is 5.97 Å². The van der Waals surface area contributed by atoms with E-state index in [-0.39, 0.29) is 16.9 Å². The van der Waals surface area contributed by atoms with Crippen LogP contribution in [-0.4, -0.2) is 51.8 Å². The van der Waals surface area contributed by atoms with Crippen molar-refractivity contribution in [3.8, 4) is 28.1 Å². The highest BCUT2D eigenvalue weighted by atomic mass is 32.2. The van der Waals surface area contributed by atoms with E-state index >= 15 is 0 Å². The third-order valence-electron chi connectivity index (χ3n) is 6.25. The number of ether oxygens (including phenoxy) is 1. The monoisotopic (exact) mass is 484 g/mol. The summed E-state index contributed by atoms with van der Waals surface area (Å²) in [6.45, 7) is 4.41. The molecule has 10 nitrogen and oxygen atoms in total. The molecule has 1 aromatic carbocycles. The molecule has 0 radical (unpaired) electrons. The van der Waals surface area contributed by atoms with Gasteiger partial charge in [0.15, 0.2) is 5.43 Å². The van der Waals surface area contributed by atoms with Crippen LogP contribution in [0.1, 0.15) is 42.6 Å². The maximum atomic E-state index is 12.6. The number of carbonyl (C=O) groups is 1. The van der Waals surface area contributed by atoms with Crippen LogP contribution in [0.15, 0.2) is 41.6 Å².